The predicted octanol–water partition coefficient (Wildman–Crippen LogP) is 6.02. The first kappa shape index (κ1) is 27.2. The van der Waals surface area contributed by atoms with Crippen LogP contribution in [0.4, 0.5) is 8.78 Å². The summed E-state index contributed by atoms with van der Waals surface area (Å²) in [6, 6.07) is 33.8. The van der Waals surface area contributed by atoms with Crippen molar-refractivity contribution in [3.8, 4) is 0 Å². The number of carbonyl (C=O) groups is 2. The number of aliphatic carboxylic acids is 2. The van der Waals surface area contributed by atoms with Gasteiger partial charge in [-0.3, -0.25) is 0 Å². The second-order valence-electron chi connectivity index (χ2n) is 8.26. The van der Waals surface area contributed by atoms with Gasteiger partial charge in [-0.2, -0.15) is 0 Å². The summed E-state index contributed by atoms with van der Waals surface area (Å²) in [5.41, 5.74) is 4.44. The van der Waals surface area contributed by atoms with Gasteiger partial charge in [-0.25, -0.2) is 18.4 Å². The number of hydrogen-bond donors (Lipinski definition) is 3. The molecule has 0 radical (unpaired) electrons. The quantitative estimate of drug-likeness (QED) is 0.256. The Balaban J connectivity index is 0.000000568. The van der Waals surface area contributed by atoms with Crippen molar-refractivity contribution < 1.29 is 28.6 Å². The highest BCUT2D eigenvalue weighted by Crippen LogP contribution is 2.29. The van der Waals surface area contributed by atoms with Gasteiger partial charge in [0.15, 0.2) is 0 Å². The molecular formula is C30H27F2NO4. The summed E-state index contributed by atoms with van der Waals surface area (Å²) in [6.07, 6.45) is 0.896. The van der Waals surface area contributed by atoms with Gasteiger partial charge < -0.3 is 15.5 Å². The molecule has 0 aliphatic carbocycles. The lowest BCUT2D eigenvalue weighted by molar-refractivity contribution is -0.159. The van der Waals surface area contributed by atoms with Crippen LogP contribution in [-0.2, 0) is 9.59 Å². The van der Waals surface area contributed by atoms with E-state index < -0.39 is 11.9 Å². The molecule has 0 aliphatic heterocycles. The van der Waals surface area contributed by atoms with Gasteiger partial charge >= 0.3 is 11.9 Å². The van der Waals surface area contributed by atoms with E-state index in [0.29, 0.717) is 0 Å². The molecular weight excluding hydrogens is 476 g/mol. The van der Waals surface area contributed by atoms with Crippen LogP contribution in [0.1, 0.15) is 40.6 Å². The number of rotatable bonds is 8. The smallest absolute Gasteiger partial charge is 0.414 e. The molecule has 0 spiro atoms. The van der Waals surface area contributed by atoms with E-state index in [0.717, 1.165) is 24.1 Å². The molecule has 7 heteroatoms. The first-order valence-electron chi connectivity index (χ1n) is 11.7. The molecule has 0 aliphatic rings. The van der Waals surface area contributed by atoms with Crippen LogP contribution in [0.5, 0.6) is 0 Å². The van der Waals surface area contributed by atoms with Crippen LogP contribution < -0.4 is 5.32 Å². The fraction of sp³-hybridized carbons (Fsp3) is 0.133. The topological polar surface area (TPSA) is 86.6 Å². The maximum Gasteiger partial charge on any atom is 0.414 e. The monoisotopic (exact) mass is 503 g/mol. The van der Waals surface area contributed by atoms with E-state index in [4.69, 9.17) is 19.8 Å². The average Bonchev–Trinajstić information content (AvgIpc) is 2.91. The second kappa shape index (κ2) is 13.7. The lowest BCUT2D eigenvalue weighted by atomic mass is 9.88. The highest BCUT2D eigenvalue weighted by molar-refractivity contribution is 6.27. The lowest BCUT2D eigenvalue weighted by Crippen LogP contribution is -2.25. The minimum Gasteiger partial charge on any atom is -0.473 e. The summed E-state index contributed by atoms with van der Waals surface area (Å²) < 4.78 is 26.9. The fourth-order valence-electron chi connectivity index (χ4n) is 4.01. The molecule has 190 valence electrons. The van der Waals surface area contributed by atoms with E-state index >= 15 is 0 Å². The van der Waals surface area contributed by atoms with Crippen molar-refractivity contribution in [3.63, 3.8) is 0 Å². The Morgan fingerprint density at radius 1 is 0.595 bits per heavy atom. The third kappa shape index (κ3) is 8.37. The maximum absolute atomic E-state index is 13.5. The molecule has 3 N–H and O–H groups in total. The van der Waals surface area contributed by atoms with E-state index in [2.05, 4.69) is 53.8 Å². The number of nitrogens with one attached hydrogen (secondary N) is 1. The van der Waals surface area contributed by atoms with Crippen LogP contribution in [0.15, 0.2) is 109 Å². The first-order valence-corrected chi connectivity index (χ1v) is 11.7. The molecule has 5 nitrogen and oxygen atoms in total. The molecule has 0 unspecified atom stereocenters. The average molecular weight is 504 g/mol. The van der Waals surface area contributed by atoms with Crippen molar-refractivity contribution in [3.05, 3.63) is 143 Å². The number of hydrogen-bond acceptors (Lipinski definition) is 3. The summed E-state index contributed by atoms with van der Waals surface area (Å²) in [6.45, 7) is 0.744. The van der Waals surface area contributed by atoms with E-state index in [-0.39, 0.29) is 23.6 Å². The zero-order valence-corrected chi connectivity index (χ0v) is 19.9. The van der Waals surface area contributed by atoms with Crippen molar-refractivity contribution >= 4 is 11.9 Å². The van der Waals surface area contributed by atoms with Gasteiger partial charge in [0.25, 0.3) is 0 Å². The van der Waals surface area contributed by atoms with E-state index in [1.807, 2.05) is 12.1 Å². The summed E-state index contributed by atoms with van der Waals surface area (Å²) >= 11 is 0. The van der Waals surface area contributed by atoms with Crippen LogP contribution in [0.2, 0.25) is 0 Å². The van der Waals surface area contributed by atoms with E-state index in [9.17, 15) is 8.78 Å². The Hall–Kier alpha value is -4.36. The second-order valence-corrected chi connectivity index (χ2v) is 8.26. The highest BCUT2D eigenvalue weighted by atomic mass is 19.1. The first-order chi connectivity index (χ1) is 17.8. The van der Waals surface area contributed by atoms with Gasteiger partial charge in [0.1, 0.15) is 11.6 Å². The maximum atomic E-state index is 13.5. The Bertz CT molecular complexity index is 1170. The van der Waals surface area contributed by atoms with E-state index in [1.54, 1.807) is 24.3 Å². The number of carboxylic acid groups (broad SMARTS) is 2. The lowest BCUT2D eigenvalue weighted by Gasteiger charge is -2.23. The van der Waals surface area contributed by atoms with Gasteiger partial charge in [-0.05, 0) is 59.5 Å². The van der Waals surface area contributed by atoms with Crippen molar-refractivity contribution in [1.82, 2.24) is 5.32 Å². The minimum absolute atomic E-state index is 0.145. The van der Waals surface area contributed by atoms with Crippen LogP contribution in [0.3, 0.4) is 0 Å². The largest absolute Gasteiger partial charge is 0.473 e. The Morgan fingerprint density at radius 3 is 1.32 bits per heavy atom. The van der Waals surface area contributed by atoms with Crippen molar-refractivity contribution in [2.75, 3.05) is 6.54 Å². The molecule has 4 aromatic carbocycles. The normalized spacial score (nSPS) is 10.6. The predicted molar refractivity (Wildman–Crippen MR) is 137 cm³/mol. The standard InChI is InChI=1S/C28H25F2N.C2H2O4/c29-25-15-11-23(12-16-25)28(24-13-17-26(30)18-14-24)31-20-19-27(21-7-3-1-4-8-21)22-9-5-2-6-10-22;3-1(4)2(5)6/h1-18,27-28,31H,19-20H2;(H,3,4)(H,5,6). The van der Waals surface area contributed by atoms with Crippen LogP contribution in [-0.4, -0.2) is 28.7 Å². The van der Waals surface area contributed by atoms with Crippen LogP contribution in [0.25, 0.3) is 0 Å². The Labute approximate surface area is 214 Å². The molecule has 0 saturated heterocycles. The molecule has 0 amide bonds. The third-order valence-electron chi connectivity index (χ3n) is 5.77. The summed E-state index contributed by atoms with van der Waals surface area (Å²) in [4.78, 5) is 18.2. The molecule has 0 atom stereocenters. The molecule has 37 heavy (non-hydrogen) atoms. The number of benzene rings is 4. The Morgan fingerprint density at radius 2 is 0.973 bits per heavy atom. The SMILES string of the molecule is Fc1ccc(C(NCCC(c2ccccc2)c2ccccc2)c2ccc(F)cc2)cc1.O=C(O)C(=O)O. The Kier molecular flexibility index (Phi) is 10.0. The molecule has 0 fully saturated rings. The van der Waals surface area contributed by atoms with Crippen molar-refractivity contribution in [2.24, 2.45) is 0 Å². The van der Waals surface area contributed by atoms with Gasteiger partial charge in [-0.15, -0.1) is 0 Å². The summed E-state index contributed by atoms with van der Waals surface area (Å²) in [5, 5.41) is 18.4. The number of carboxylic acids is 2. The third-order valence-corrected chi connectivity index (χ3v) is 5.77. The molecule has 4 aromatic rings. The minimum atomic E-state index is -1.82. The molecule has 0 bridgehead atoms. The zero-order chi connectivity index (χ0) is 26.6. The van der Waals surface area contributed by atoms with Gasteiger partial charge in [0.2, 0.25) is 0 Å². The van der Waals surface area contributed by atoms with Gasteiger partial charge in [0.05, 0.1) is 6.04 Å². The number of halogens is 2. The summed E-state index contributed by atoms with van der Waals surface area (Å²) in [7, 11) is 0. The molecule has 0 aromatic heterocycles. The highest BCUT2D eigenvalue weighted by Gasteiger charge is 2.17. The molecule has 0 heterocycles. The van der Waals surface area contributed by atoms with Crippen LogP contribution in [0, 0.1) is 11.6 Å². The van der Waals surface area contributed by atoms with Gasteiger partial charge in [0, 0.05) is 5.92 Å². The fourth-order valence-corrected chi connectivity index (χ4v) is 4.01. The molecule has 0 saturated carbocycles. The van der Waals surface area contributed by atoms with Gasteiger partial charge in [-0.1, -0.05) is 84.9 Å². The zero-order valence-electron chi connectivity index (χ0n) is 19.9. The molecule has 4 rings (SSSR count). The van der Waals surface area contributed by atoms with E-state index in [1.165, 1.54) is 35.4 Å². The van der Waals surface area contributed by atoms with Crippen molar-refractivity contribution in [1.29, 1.82) is 0 Å². The van der Waals surface area contributed by atoms with Crippen LogP contribution >= 0.6 is 0 Å². The summed E-state index contributed by atoms with van der Waals surface area (Å²) in [5.74, 6) is -3.92. The van der Waals surface area contributed by atoms with Crippen molar-refractivity contribution in [2.45, 2.75) is 18.4 Å².